The van der Waals surface area contributed by atoms with E-state index in [1.165, 1.54) is 36.9 Å². The molecule has 6 heteroatoms. The van der Waals surface area contributed by atoms with Crippen molar-refractivity contribution < 1.29 is 14.0 Å². The van der Waals surface area contributed by atoms with Gasteiger partial charge in [-0.1, -0.05) is 18.2 Å². The molecule has 0 aliphatic carbocycles. The maximum absolute atomic E-state index is 13.7. The highest BCUT2D eigenvalue weighted by molar-refractivity contribution is 8.00. The largest absolute Gasteiger partial charge is 0.326 e. The lowest BCUT2D eigenvalue weighted by Crippen LogP contribution is -2.15. The van der Waals surface area contributed by atoms with Crippen molar-refractivity contribution in [1.82, 2.24) is 0 Å². The molecule has 2 amide bonds. The smallest absolute Gasteiger partial charge is 0.234 e. The van der Waals surface area contributed by atoms with Crippen molar-refractivity contribution in [2.75, 3.05) is 16.4 Å². The molecular formula is C16H15FN2O2S. The SMILES string of the molecule is CC(=O)Nc1ccc(F)c(NC(=O)CSc2ccccc2)c1. The second-order valence-corrected chi connectivity index (χ2v) is 5.57. The number of anilines is 2. The van der Waals surface area contributed by atoms with Gasteiger partial charge in [-0.3, -0.25) is 9.59 Å². The van der Waals surface area contributed by atoms with Gasteiger partial charge >= 0.3 is 0 Å². The molecule has 114 valence electrons. The highest BCUT2D eigenvalue weighted by Gasteiger charge is 2.09. The number of nitrogens with one attached hydrogen (secondary N) is 2. The normalized spacial score (nSPS) is 10.1. The Morgan fingerprint density at radius 1 is 1.09 bits per heavy atom. The first kappa shape index (κ1) is 16.0. The summed E-state index contributed by atoms with van der Waals surface area (Å²) in [5.41, 5.74) is 0.477. The van der Waals surface area contributed by atoms with Crippen LogP contribution >= 0.6 is 11.8 Å². The molecule has 2 N–H and O–H groups in total. The van der Waals surface area contributed by atoms with Crippen LogP contribution in [0.2, 0.25) is 0 Å². The monoisotopic (exact) mass is 318 g/mol. The molecule has 0 atom stereocenters. The van der Waals surface area contributed by atoms with Crippen LogP contribution < -0.4 is 10.6 Å². The lowest BCUT2D eigenvalue weighted by atomic mass is 10.2. The molecule has 2 aromatic carbocycles. The average Bonchev–Trinajstić information content (AvgIpc) is 2.49. The lowest BCUT2D eigenvalue weighted by molar-refractivity contribution is -0.114. The summed E-state index contributed by atoms with van der Waals surface area (Å²) in [6.45, 7) is 1.36. The maximum Gasteiger partial charge on any atom is 0.234 e. The van der Waals surface area contributed by atoms with Crippen molar-refractivity contribution in [1.29, 1.82) is 0 Å². The number of hydrogen-bond acceptors (Lipinski definition) is 3. The fourth-order valence-corrected chi connectivity index (χ4v) is 2.47. The van der Waals surface area contributed by atoms with Crippen molar-refractivity contribution in [3.8, 4) is 0 Å². The zero-order chi connectivity index (χ0) is 15.9. The maximum atomic E-state index is 13.7. The summed E-state index contributed by atoms with van der Waals surface area (Å²) >= 11 is 1.36. The highest BCUT2D eigenvalue weighted by Crippen LogP contribution is 2.21. The Morgan fingerprint density at radius 2 is 1.82 bits per heavy atom. The minimum Gasteiger partial charge on any atom is -0.326 e. The average molecular weight is 318 g/mol. The van der Waals surface area contributed by atoms with Crippen LogP contribution in [-0.2, 0) is 9.59 Å². The zero-order valence-corrected chi connectivity index (χ0v) is 12.7. The number of carbonyl (C=O) groups excluding carboxylic acids is 2. The number of thioether (sulfide) groups is 1. The van der Waals surface area contributed by atoms with Crippen molar-refractivity contribution in [3.05, 3.63) is 54.3 Å². The lowest BCUT2D eigenvalue weighted by Gasteiger charge is -2.09. The third kappa shape index (κ3) is 4.89. The number of carbonyl (C=O) groups is 2. The van der Waals surface area contributed by atoms with Gasteiger partial charge in [-0.25, -0.2) is 4.39 Å². The van der Waals surface area contributed by atoms with Crippen LogP contribution in [0.1, 0.15) is 6.92 Å². The van der Waals surface area contributed by atoms with Crippen LogP contribution in [0.25, 0.3) is 0 Å². The Morgan fingerprint density at radius 3 is 2.50 bits per heavy atom. The fraction of sp³-hybridized carbons (Fsp3) is 0.125. The first-order chi connectivity index (χ1) is 10.5. The van der Waals surface area contributed by atoms with Gasteiger partial charge < -0.3 is 10.6 Å². The van der Waals surface area contributed by atoms with Crippen LogP contribution in [0.15, 0.2) is 53.4 Å². The van der Waals surface area contributed by atoms with Gasteiger partial charge in [-0.05, 0) is 30.3 Å². The Hall–Kier alpha value is -2.34. The van der Waals surface area contributed by atoms with Crippen molar-refractivity contribution >= 4 is 35.0 Å². The minimum atomic E-state index is -0.549. The second kappa shape index (κ2) is 7.61. The van der Waals surface area contributed by atoms with E-state index in [1.54, 1.807) is 0 Å². The molecule has 0 unspecified atom stereocenters. The summed E-state index contributed by atoms with van der Waals surface area (Å²) < 4.78 is 13.7. The molecule has 22 heavy (non-hydrogen) atoms. The summed E-state index contributed by atoms with van der Waals surface area (Å²) in [5, 5.41) is 5.05. The molecule has 0 saturated heterocycles. The van der Waals surface area contributed by atoms with Gasteiger partial charge in [-0.15, -0.1) is 11.8 Å². The number of rotatable bonds is 5. The summed E-state index contributed by atoms with van der Waals surface area (Å²) in [6.07, 6.45) is 0. The Bertz CT molecular complexity index is 677. The van der Waals surface area contributed by atoms with Gasteiger partial charge in [0.15, 0.2) is 0 Å². The fourth-order valence-electron chi connectivity index (χ4n) is 1.75. The molecule has 0 heterocycles. The van der Waals surface area contributed by atoms with Gasteiger partial charge in [0.05, 0.1) is 11.4 Å². The Kier molecular flexibility index (Phi) is 5.55. The molecule has 0 bridgehead atoms. The van der Waals surface area contributed by atoms with Crippen LogP contribution in [0.5, 0.6) is 0 Å². The third-order valence-corrected chi connectivity index (χ3v) is 3.69. The van der Waals surface area contributed by atoms with Gasteiger partial charge in [0.25, 0.3) is 0 Å². The van der Waals surface area contributed by atoms with Gasteiger partial charge in [0.1, 0.15) is 5.82 Å². The van der Waals surface area contributed by atoms with Crippen molar-refractivity contribution in [3.63, 3.8) is 0 Å². The highest BCUT2D eigenvalue weighted by atomic mass is 32.2. The topological polar surface area (TPSA) is 58.2 Å². The summed E-state index contributed by atoms with van der Waals surface area (Å²) in [4.78, 5) is 23.8. The van der Waals surface area contributed by atoms with Crippen LogP contribution in [0.3, 0.4) is 0 Å². The van der Waals surface area contributed by atoms with E-state index in [1.807, 2.05) is 30.3 Å². The van der Waals surface area contributed by atoms with E-state index in [9.17, 15) is 14.0 Å². The molecule has 0 radical (unpaired) electrons. The number of halogens is 1. The first-order valence-corrected chi connectivity index (χ1v) is 7.58. The predicted molar refractivity (Wildman–Crippen MR) is 86.5 cm³/mol. The molecule has 0 fully saturated rings. The molecule has 0 aliphatic heterocycles. The number of amides is 2. The van der Waals surface area contributed by atoms with Gasteiger partial charge in [0, 0.05) is 17.5 Å². The molecule has 2 aromatic rings. The third-order valence-electron chi connectivity index (χ3n) is 2.67. The predicted octanol–water partition coefficient (Wildman–Crippen LogP) is 3.51. The van der Waals surface area contributed by atoms with E-state index in [0.717, 1.165) is 4.90 Å². The van der Waals surface area contributed by atoms with E-state index in [4.69, 9.17) is 0 Å². The quantitative estimate of drug-likeness (QED) is 0.829. The molecule has 0 aromatic heterocycles. The summed E-state index contributed by atoms with van der Waals surface area (Å²) in [7, 11) is 0. The van der Waals surface area contributed by atoms with Crippen molar-refractivity contribution in [2.45, 2.75) is 11.8 Å². The van der Waals surface area contributed by atoms with Crippen molar-refractivity contribution in [2.24, 2.45) is 0 Å². The van der Waals surface area contributed by atoms with E-state index in [0.29, 0.717) is 5.69 Å². The van der Waals surface area contributed by atoms with E-state index in [-0.39, 0.29) is 23.3 Å². The van der Waals surface area contributed by atoms with E-state index in [2.05, 4.69) is 10.6 Å². The first-order valence-electron chi connectivity index (χ1n) is 6.59. The molecule has 0 aliphatic rings. The Balaban J connectivity index is 1.97. The number of benzene rings is 2. The molecule has 2 rings (SSSR count). The second-order valence-electron chi connectivity index (χ2n) is 4.53. The number of hydrogen-bond donors (Lipinski definition) is 2. The van der Waals surface area contributed by atoms with Crippen LogP contribution in [0.4, 0.5) is 15.8 Å². The van der Waals surface area contributed by atoms with E-state index < -0.39 is 5.82 Å². The molecular weight excluding hydrogens is 303 g/mol. The molecule has 0 spiro atoms. The summed E-state index contributed by atoms with van der Waals surface area (Å²) in [6, 6.07) is 13.5. The Labute approximate surface area is 132 Å². The zero-order valence-electron chi connectivity index (χ0n) is 11.9. The van der Waals surface area contributed by atoms with Gasteiger partial charge in [0.2, 0.25) is 11.8 Å². The standard InChI is InChI=1S/C16H15FN2O2S/c1-11(20)18-12-7-8-14(17)15(9-12)19-16(21)10-22-13-5-3-2-4-6-13/h2-9H,10H2,1H3,(H,18,20)(H,19,21). The van der Waals surface area contributed by atoms with Crippen LogP contribution in [0, 0.1) is 5.82 Å². The van der Waals surface area contributed by atoms with Gasteiger partial charge in [-0.2, -0.15) is 0 Å². The van der Waals surface area contributed by atoms with E-state index >= 15 is 0 Å². The minimum absolute atomic E-state index is 0.0462. The summed E-state index contributed by atoms with van der Waals surface area (Å²) in [5.74, 6) is -0.947. The van der Waals surface area contributed by atoms with Crippen LogP contribution in [-0.4, -0.2) is 17.6 Å². The molecule has 0 saturated carbocycles. The molecule has 4 nitrogen and oxygen atoms in total.